The van der Waals surface area contributed by atoms with Crippen LogP contribution in [0.2, 0.25) is 5.02 Å². The van der Waals surface area contributed by atoms with E-state index in [0.717, 1.165) is 22.5 Å². The van der Waals surface area contributed by atoms with E-state index in [0.29, 0.717) is 10.6 Å². The Morgan fingerprint density at radius 1 is 1.14 bits per heavy atom. The number of carboxylic acids is 1. The van der Waals surface area contributed by atoms with Gasteiger partial charge in [-0.15, -0.1) is 0 Å². The van der Waals surface area contributed by atoms with Gasteiger partial charge >= 0.3 is 5.97 Å². The minimum Gasteiger partial charge on any atom is -0.481 e. The van der Waals surface area contributed by atoms with Crippen molar-refractivity contribution in [2.45, 2.75) is 27.2 Å². The fraction of sp³-hybridized carbons (Fsp3) is 0.235. The molecule has 0 saturated carbocycles. The summed E-state index contributed by atoms with van der Waals surface area (Å²) in [6, 6.07) is 9.41. The van der Waals surface area contributed by atoms with E-state index in [4.69, 9.17) is 16.7 Å². The summed E-state index contributed by atoms with van der Waals surface area (Å²) >= 11 is 5.97. The van der Waals surface area contributed by atoms with Crippen LogP contribution in [-0.2, 0) is 11.2 Å². The van der Waals surface area contributed by atoms with Crippen molar-refractivity contribution in [2.24, 2.45) is 0 Å². The molecule has 0 aliphatic heterocycles. The molecule has 110 valence electrons. The van der Waals surface area contributed by atoms with E-state index >= 15 is 0 Å². The first-order valence-electron chi connectivity index (χ1n) is 6.72. The van der Waals surface area contributed by atoms with Crippen molar-refractivity contribution in [2.75, 3.05) is 5.32 Å². The predicted molar refractivity (Wildman–Crippen MR) is 86.7 cm³/mol. The number of halogens is 1. The molecule has 3 nitrogen and oxygen atoms in total. The first kappa shape index (κ1) is 15.4. The quantitative estimate of drug-likeness (QED) is 0.865. The van der Waals surface area contributed by atoms with Crippen LogP contribution >= 0.6 is 11.6 Å². The average molecular weight is 304 g/mol. The number of carbonyl (C=O) groups is 1. The van der Waals surface area contributed by atoms with Crippen molar-refractivity contribution in [3.05, 3.63) is 57.6 Å². The third kappa shape index (κ3) is 3.56. The Bertz CT molecular complexity index is 695. The molecule has 21 heavy (non-hydrogen) atoms. The lowest BCUT2D eigenvalue weighted by Crippen LogP contribution is -2.05. The summed E-state index contributed by atoms with van der Waals surface area (Å²) in [5.41, 5.74) is 5.94. The second-order valence-electron chi connectivity index (χ2n) is 5.20. The second kappa shape index (κ2) is 6.19. The lowest BCUT2D eigenvalue weighted by Gasteiger charge is -2.17. The third-order valence-corrected chi connectivity index (χ3v) is 3.85. The number of carboxylic acid groups (broad SMARTS) is 1. The topological polar surface area (TPSA) is 49.3 Å². The van der Waals surface area contributed by atoms with Crippen molar-refractivity contribution >= 4 is 28.9 Å². The summed E-state index contributed by atoms with van der Waals surface area (Å²) in [5.74, 6) is -0.877. The molecule has 0 amide bonds. The summed E-state index contributed by atoms with van der Waals surface area (Å²) in [7, 11) is 0. The van der Waals surface area contributed by atoms with Gasteiger partial charge in [-0.25, -0.2) is 0 Å². The Hall–Kier alpha value is -2.00. The zero-order valence-corrected chi connectivity index (χ0v) is 13.1. The van der Waals surface area contributed by atoms with Crippen LogP contribution in [0.5, 0.6) is 0 Å². The molecule has 0 aliphatic rings. The molecule has 0 fully saturated rings. The molecule has 0 saturated heterocycles. The van der Waals surface area contributed by atoms with Gasteiger partial charge in [0.1, 0.15) is 0 Å². The SMILES string of the molecule is Cc1ccc(C)c(Nc2ccc(Cl)cc2CC(=O)O)c1C. The fourth-order valence-corrected chi connectivity index (χ4v) is 2.47. The molecule has 0 aromatic heterocycles. The number of nitrogens with one attached hydrogen (secondary N) is 1. The highest BCUT2D eigenvalue weighted by atomic mass is 35.5. The molecule has 2 N–H and O–H groups in total. The number of hydrogen-bond donors (Lipinski definition) is 2. The van der Waals surface area contributed by atoms with Gasteiger partial charge in [0.05, 0.1) is 6.42 Å². The largest absolute Gasteiger partial charge is 0.481 e. The smallest absolute Gasteiger partial charge is 0.307 e. The van der Waals surface area contributed by atoms with Crippen molar-refractivity contribution in [3.8, 4) is 0 Å². The first-order chi connectivity index (χ1) is 9.88. The number of aryl methyl sites for hydroxylation is 2. The summed E-state index contributed by atoms with van der Waals surface area (Å²) < 4.78 is 0. The standard InChI is InChI=1S/C17H18ClNO2/c1-10-4-5-11(2)17(12(10)3)19-15-7-6-14(18)8-13(15)9-16(20)21/h4-8,19H,9H2,1-3H3,(H,20,21). The lowest BCUT2D eigenvalue weighted by atomic mass is 10.0. The van der Waals surface area contributed by atoms with Gasteiger partial charge in [-0.1, -0.05) is 23.7 Å². The summed E-state index contributed by atoms with van der Waals surface area (Å²) in [4.78, 5) is 11.0. The zero-order valence-electron chi connectivity index (χ0n) is 12.3. The molecule has 0 atom stereocenters. The highest BCUT2D eigenvalue weighted by Crippen LogP contribution is 2.30. The van der Waals surface area contributed by atoms with Crippen molar-refractivity contribution < 1.29 is 9.90 Å². The Morgan fingerprint density at radius 2 is 1.81 bits per heavy atom. The average Bonchev–Trinajstić information content (AvgIpc) is 2.41. The molecule has 4 heteroatoms. The number of anilines is 2. The molecule has 2 rings (SSSR count). The molecule has 0 spiro atoms. The van der Waals surface area contributed by atoms with E-state index in [1.807, 2.05) is 13.0 Å². The van der Waals surface area contributed by atoms with E-state index in [1.54, 1.807) is 12.1 Å². The van der Waals surface area contributed by atoms with Crippen LogP contribution < -0.4 is 5.32 Å². The Labute approximate surface area is 129 Å². The molecule has 0 aliphatic carbocycles. The second-order valence-corrected chi connectivity index (χ2v) is 5.63. The van der Waals surface area contributed by atoms with Crippen LogP contribution in [0.25, 0.3) is 0 Å². The van der Waals surface area contributed by atoms with Gasteiger partial charge in [0.25, 0.3) is 0 Å². The molecule has 0 radical (unpaired) electrons. The van der Waals surface area contributed by atoms with Gasteiger partial charge in [-0.3, -0.25) is 4.79 Å². The Kier molecular flexibility index (Phi) is 4.53. The maximum absolute atomic E-state index is 11.0. The molecule has 2 aromatic rings. The normalized spacial score (nSPS) is 10.5. The monoisotopic (exact) mass is 303 g/mol. The highest BCUT2D eigenvalue weighted by molar-refractivity contribution is 6.30. The maximum atomic E-state index is 11.0. The molecule has 2 aromatic carbocycles. The van der Waals surface area contributed by atoms with Gasteiger partial charge in [-0.2, -0.15) is 0 Å². The molecular formula is C17H18ClNO2. The maximum Gasteiger partial charge on any atom is 0.307 e. The van der Waals surface area contributed by atoms with Crippen molar-refractivity contribution in [1.29, 1.82) is 0 Å². The number of hydrogen-bond acceptors (Lipinski definition) is 2. The van der Waals surface area contributed by atoms with Crippen LogP contribution in [0.4, 0.5) is 11.4 Å². The molecule has 0 heterocycles. The van der Waals surface area contributed by atoms with E-state index in [-0.39, 0.29) is 6.42 Å². The summed E-state index contributed by atoms with van der Waals surface area (Å²) in [5, 5.41) is 12.9. The molecule has 0 unspecified atom stereocenters. The van der Waals surface area contributed by atoms with Gasteiger partial charge in [0.15, 0.2) is 0 Å². The fourth-order valence-electron chi connectivity index (χ4n) is 2.27. The number of benzene rings is 2. The van der Waals surface area contributed by atoms with E-state index in [2.05, 4.69) is 31.3 Å². The number of rotatable bonds is 4. The van der Waals surface area contributed by atoms with Crippen LogP contribution in [0.15, 0.2) is 30.3 Å². The minimum absolute atomic E-state index is 0.0627. The highest BCUT2D eigenvalue weighted by Gasteiger charge is 2.11. The van der Waals surface area contributed by atoms with Gasteiger partial charge in [0.2, 0.25) is 0 Å². The first-order valence-corrected chi connectivity index (χ1v) is 7.10. The lowest BCUT2D eigenvalue weighted by molar-refractivity contribution is -0.136. The van der Waals surface area contributed by atoms with E-state index in [9.17, 15) is 4.79 Å². The van der Waals surface area contributed by atoms with Crippen molar-refractivity contribution in [3.63, 3.8) is 0 Å². The molecular weight excluding hydrogens is 286 g/mol. The van der Waals surface area contributed by atoms with Gasteiger partial charge < -0.3 is 10.4 Å². The van der Waals surface area contributed by atoms with Crippen LogP contribution in [0.3, 0.4) is 0 Å². The van der Waals surface area contributed by atoms with Crippen LogP contribution in [-0.4, -0.2) is 11.1 Å². The number of aliphatic carboxylic acids is 1. The van der Waals surface area contributed by atoms with Crippen molar-refractivity contribution in [1.82, 2.24) is 0 Å². The third-order valence-electron chi connectivity index (χ3n) is 3.61. The Morgan fingerprint density at radius 3 is 2.48 bits per heavy atom. The van der Waals surface area contributed by atoms with Crippen LogP contribution in [0, 0.1) is 20.8 Å². The van der Waals surface area contributed by atoms with Crippen LogP contribution in [0.1, 0.15) is 22.3 Å². The van der Waals surface area contributed by atoms with Gasteiger partial charge in [-0.05, 0) is 61.2 Å². The minimum atomic E-state index is -0.877. The molecule has 0 bridgehead atoms. The van der Waals surface area contributed by atoms with E-state index < -0.39 is 5.97 Å². The Balaban J connectivity index is 2.44. The predicted octanol–water partition coefficient (Wildman–Crippen LogP) is 4.64. The summed E-state index contributed by atoms with van der Waals surface area (Å²) in [6.07, 6.45) is -0.0627. The summed E-state index contributed by atoms with van der Waals surface area (Å²) in [6.45, 7) is 6.14. The zero-order chi connectivity index (χ0) is 15.6. The van der Waals surface area contributed by atoms with Gasteiger partial charge in [0, 0.05) is 16.4 Å². The van der Waals surface area contributed by atoms with E-state index in [1.165, 1.54) is 5.56 Å².